The number of carbonyl (C=O) groups excluding carboxylic acids is 1. The Hall–Kier alpha value is -0.740. The van der Waals surface area contributed by atoms with Crippen molar-refractivity contribution in [2.45, 2.75) is 40.0 Å². The Bertz CT molecular complexity index is 400. The van der Waals surface area contributed by atoms with Gasteiger partial charge in [0.2, 0.25) is 0 Å². The molecule has 17 heavy (non-hydrogen) atoms. The van der Waals surface area contributed by atoms with Gasteiger partial charge in [-0.05, 0) is 39.8 Å². The highest BCUT2D eigenvalue weighted by Gasteiger charge is 2.34. The third-order valence-electron chi connectivity index (χ3n) is 3.76. The molecule has 0 aromatic carbocycles. The van der Waals surface area contributed by atoms with E-state index in [0.717, 1.165) is 36.6 Å². The van der Waals surface area contributed by atoms with E-state index in [1.165, 1.54) is 4.88 Å². The molecule has 0 amide bonds. The van der Waals surface area contributed by atoms with Crippen LogP contribution in [0.1, 0.15) is 35.3 Å². The van der Waals surface area contributed by atoms with Gasteiger partial charge in [-0.15, -0.1) is 11.3 Å². The Kier molecular flexibility index (Phi) is 3.64. The van der Waals surface area contributed by atoms with E-state index in [1.54, 1.807) is 11.3 Å². The van der Waals surface area contributed by atoms with Crippen LogP contribution in [-0.2, 0) is 11.2 Å². The number of aryl methyl sites for hydroxylation is 2. The molecule has 3 nitrogen and oxygen atoms in total. The van der Waals surface area contributed by atoms with E-state index in [1.807, 2.05) is 6.92 Å². The minimum absolute atomic E-state index is 0.140. The lowest BCUT2D eigenvalue weighted by atomic mass is 9.76. The molecule has 0 atom stereocenters. The Balaban J connectivity index is 2.05. The van der Waals surface area contributed by atoms with Crippen molar-refractivity contribution < 1.29 is 4.79 Å². The van der Waals surface area contributed by atoms with Gasteiger partial charge in [0, 0.05) is 10.3 Å². The van der Waals surface area contributed by atoms with Crippen molar-refractivity contribution in [1.29, 1.82) is 0 Å². The fourth-order valence-corrected chi connectivity index (χ4v) is 3.16. The summed E-state index contributed by atoms with van der Waals surface area (Å²) in [6.07, 6.45) is 2.42. The molecule has 0 saturated carbocycles. The van der Waals surface area contributed by atoms with Crippen molar-refractivity contribution in [2.75, 3.05) is 13.1 Å². The van der Waals surface area contributed by atoms with Crippen LogP contribution in [0.15, 0.2) is 0 Å². The first kappa shape index (κ1) is 12.7. The van der Waals surface area contributed by atoms with Crippen molar-refractivity contribution in [3.8, 4) is 0 Å². The number of hydrogen-bond acceptors (Lipinski definition) is 4. The zero-order valence-corrected chi connectivity index (χ0v) is 11.6. The van der Waals surface area contributed by atoms with Crippen molar-refractivity contribution >= 4 is 17.1 Å². The number of nitrogens with one attached hydrogen (secondary N) is 1. The van der Waals surface area contributed by atoms with Crippen LogP contribution in [0.25, 0.3) is 0 Å². The quantitative estimate of drug-likeness (QED) is 0.897. The minimum atomic E-state index is -0.140. The van der Waals surface area contributed by atoms with E-state index in [-0.39, 0.29) is 5.41 Å². The number of ketones is 1. The molecule has 0 radical (unpaired) electrons. The van der Waals surface area contributed by atoms with Gasteiger partial charge in [0.15, 0.2) is 0 Å². The van der Waals surface area contributed by atoms with Gasteiger partial charge in [0.1, 0.15) is 10.8 Å². The van der Waals surface area contributed by atoms with Crippen LogP contribution in [0.3, 0.4) is 0 Å². The van der Waals surface area contributed by atoms with Gasteiger partial charge in [0.25, 0.3) is 0 Å². The summed E-state index contributed by atoms with van der Waals surface area (Å²) in [5.74, 6) is 0.354. The van der Waals surface area contributed by atoms with Crippen LogP contribution in [0.4, 0.5) is 0 Å². The molecule has 0 unspecified atom stereocenters. The summed E-state index contributed by atoms with van der Waals surface area (Å²) in [4.78, 5) is 18.0. The Morgan fingerprint density at radius 2 is 2.06 bits per heavy atom. The molecule has 1 aliphatic heterocycles. The second-order valence-corrected chi connectivity index (χ2v) is 6.45. The van der Waals surface area contributed by atoms with E-state index in [2.05, 4.69) is 24.1 Å². The van der Waals surface area contributed by atoms with E-state index < -0.39 is 0 Å². The zero-order chi connectivity index (χ0) is 12.5. The average Bonchev–Trinajstić information content (AvgIpc) is 2.59. The van der Waals surface area contributed by atoms with Gasteiger partial charge in [-0.1, -0.05) is 6.92 Å². The Labute approximate surface area is 107 Å². The second-order valence-electron chi connectivity index (χ2n) is 5.16. The first-order chi connectivity index (χ1) is 8.01. The van der Waals surface area contributed by atoms with Gasteiger partial charge in [-0.3, -0.25) is 4.79 Å². The van der Waals surface area contributed by atoms with Crippen LogP contribution in [0.5, 0.6) is 0 Å². The lowest BCUT2D eigenvalue weighted by molar-refractivity contribution is -0.128. The number of aromatic nitrogens is 1. The molecule has 1 saturated heterocycles. The van der Waals surface area contributed by atoms with Gasteiger partial charge in [0.05, 0.1) is 12.1 Å². The minimum Gasteiger partial charge on any atom is -0.317 e. The summed E-state index contributed by atoms with van der Waals surface area (Å²) >= 11 is 1.66. The van der Waals surface area contributed by atoms with E-state index in [9.17, 15) is 4.79 Å². The average molecular weight is 252 g/mol. The van der Waals surface area contributed by atoms with Crippen molar-refractivity contribution in [2.24, 2.45) is 5.41 Å². The standard InChI is InChI=1S/C13H20N2OS/c1-9-10(2)17-12(15-9)8-11(16)13(3)4-6-14-7-5-13/h14H,4-8H2,1-3H3. The Morgan fingerprint density at radius 3 is 2.59 bits per heavy atom. The van der Waals surface area contributed by atoms with Gasteiger partial charge in [-0.25, -0.2) is 4.98 Å². The van der Waals surface area contributed by atoms with E-state index in [0.29, 0.717) is 12.2 Å². The second kappa shape index (κ2) is 4.86. The molecule has 1 aromatic heterocycles. The number of nitrogens with zero attached hydrogens (tertiary/aromatic N) is 1. The summed E-state index contributed by atoms with van der Waals surface area (Å²) in [6.45, 7) is 8.08. The van der Waals surface area contributed by atoms with Crippen LogP contribution >= 0.6 is 11.3 Å². The highest BCUT2D eigenvalue weighted by molar-refractivity contribution is 7.11. The molecule has 1 aliphatic rings. The molecule has 0 bridgehead atoms. The summed E-state index contributed by atoms with van der Waals surface area (Å²) in [5.41, 5.74) is 0.923. The number of thiazole rings is 1. The van der Waals surface area contributed by atoms with Gasteiger partial charge >= 0.3 is 0 Å². The maximum atomic E-state index is 12.3. The largest absolute Gasteiger partial charge is 0.317 e. The number of piperidine rings is 1. The third-order valence-corrected chi connectivity index (χ3v) is 4.84. The topological polar surface area (TPSA) is 42.0 Å². The highest BCUT2D eigenvalue weighted by Crippen LogP contribution is 2.31. The molecule has 1 N–H and O–H groups in total. The molecule has 2 heterocycles. The number of rotatable bonds is 3. The Morgan fingerprint density at radius 1 is 1.41 bits per heavy atom. The summed E-state index contributed by atoms with van der Waals surface area (Å²) in [6, 6.07) is 0. The predicted molar refractivity (Wildman–Crippen MR) is 70.5 cm³/mol. The smallest absolute Gasteiger partial charge is 0.145 e. The monoisotopic (exact) mass is 252 g/mol. The summed E-state index contributed by atoms with van der Waals surface area (Å²) in [5, 5.41) is 4.28. The maximum Gasteiger partial charge on any atom is 0.145 e. The first-order valence-electron chi connectivity index (χ1n) is 6.18. The molecule has 2 rings (SSSR count). The SMILES string of the molecule is Cc1nc(CC(=O)C2(C)CCNCC2)sc1C. The predicted octanol–water partition coefficient (Wildman–Crippen LogP) is 2.26. The molecular weight excluding hydrogens is 232 g/mol. The fraction of sp³-hybridized carbons (Fsp3) is 0.692. The lowest BCUT2D eigenvalue weighted by Crippen LogP contribution is -2.40. The van der Waals surface area contributed by atoms with E-state index in [4.69, 9.17) is 0 Å². The summed E-state index contributed by atoms with van der Waals surface area (Å²) < 4.78 is 0. The molecule has 0 spiro atoms. The van der Waals surface area contributed by atoms with Crippen LogP contribution in [-0.4, -0.2) is 23.9 Å². The van der Waals surface area contributed by atoms with Crippen LogP contribution in [0, 0.1) is 19.3 Å². The fourth-order valence-electron chi connectivity index (χ4n) is 2.22. The van der Waals surface area contributed by atoms with Crippen molar-refractivity contribution in [3.05, 3.63) is 15.6 Å². The molecule has 4 heteroatoms. The van der Waals surface area contributed by atoms with E-state index >= 15 is 0 Å². The normalized spacial score (nSPS) is 19.2. The third kappa shape index (κ3) is 2.75. The van der Waals surface area contributed by atoms with Gasteiger partial charge < -0.3 is 5.32 Å². The van der Waals surface area contributed by atoms with Crippen molar-refractivity contribution in [3.63, 3.8) is 0 Å². The zero-order valence-electron chi connectivity index (χ0n) is 10.8. The molecule has 1 aromatic rings. The van der Waals surface area contributed by atoms with Gasteiger partial charge in [-0.2, -0.15) is 0 Å². The van der Waals surface area contributed by atoms with Crippen LogP contribution in [0.2, 0.25) is 0 Å². The molecule has 0 aliphatic carbocycles. The van der Waals surface area contributed by atoms with Crippen molar-refractivity contribution in [1.82, 2.24) is 10.3 Å². The molecular formula is C13H20N2OS. The highest BCUT2D eigenvalue weighted by atomic mass is 32.1. The number of Topliss-reactive ketones (excluding diaryl/α,β-unsaturated/α-hetero) is 1. The van der Waals surface area contributed by atoms with Crippen LogP contribution < -0.4 is 5.32 Å². The molecule has 1 fully saturated rings. The first-order valence-corrected chi connectivity index (χ1v) is 7.00. The lowest BCUT2D eigenvalue weighted by Gasteiger charge is -2.32. The summed E-state index contributed by atoms with van der Waals surface area (Å²) in [7, 11) is 0. The maximum absolute atomic E-state index is 12.3. The number of hydrogen-bond donors (Lipinski definition) is 1. The number of carbonyl (C=O) groups is 1. The molecule has 94 valence electrons.